The number of amides is 1. The highest BCUT2D eigenvalue weighted by molar-refractivity contribution is 6.30. The van der Waals surface area contributed by atoms with E-state index in [-0.39, 0.29) is 5.91 Å². The van der Waals surface area contributed by atoms with Crippen molar-refractivity contribution in [2.75, 3.05) is 7.05 Å². The summed E-state index contributed by atoms with van der Waals surface area (Å²) in [7, 11) is 1.78. The van der Waals surface area contributed by atoms with Crippen LogP contribution in [-0.4, -0.2) is 24.0 Å². The molecular formula is C20H24ClNO2. The van der Waals surface area contributed by atoms with Gasteiger partial charge in [0.1, 0.15) is 5.75 Å². The molecule has 0 saturated heterocycles. The molecular weight excluding hydrogens is 322 g/mol. The minimum atomic E-state index is -0.540. The van der Waals surface area contributed by atoms with Gasteiger partial charge in [-0.2, -0.15) is 0 Å². The molecule has 0 spiro atoms. The Morgan fingerprint density at radius 2 is 1.71 bits per heavy atom. The lowest BCUT2D eigenvalue weighted by atomic mass is 10.0. The Morgan fingerprint density at radius 1 is 1.08 bits per heavy atom. The van der Waals surface area contributed by atoms with Crippen molar-refractivity contribution in [2.45, 2.75) is 39.3 Å². The predicted octanol–water partition coefficient (Wildman–Crippen LogP) is 4.89. The number of halogens is 1. The normalized spacial score (nSPS) is 12.1. The van der Waals surface area contributed by atoms with Crippen molar-refractivity contribution in [3.05, 3.63) is 64.7 Å². The predicted molar refractivity (Wildman–Crippen MR) is 98.5 cm³/mol. The fourth-order valence-corrected chi connectivity index (χ4v) is 2.68. The number of nitrogens with zero attached hydrogens (tertiary/aromatic N) is 1. The van der Waals surface area contributed by atoms with Gasteiger partial charge in [-0.15, -0.1) is 0 Å². The summed E-state index contributed by atoms with van der Waals surface area (Å²) in [5.41, 5.74) is 2.14. The van der Waals surface area contributed by atoms with E-state index in [1.807, 2.05) is 48.5 Å². The molecule has 2 aromatic rings. The Morgan fingerprint density at radius 3 is 2.33 bits per heavy atom. The molecule has 1 amide bonds. The minimum Gasteiger partial charge on any atom is -0.481 e. The third kappa shape index (κ3) is 4.75. The van der Waals surface area contributed by atoms with E-state index in [9.17, 15) is 4.79 Å². The summed E-state index contributed by atoms with van der Waals surface area (Å²) in [6.45, 7) is 6.54. The van der Waals surface area contributed by atoms with Crippen LogP contribution in [0.3, 0.4) is 0 Å². The summed E-state index contributed by atoms with van der Waals surface area (Å²) in [6.07, 6.45) is -0.540. The number of hydrogen-bond donors (Lipinski definition) is 0. The highest BCUT2D eigenvalue weighted by Crippen LogP contribution is 2.27. The Balaban J connectivity index is 2.02. The van der Waals surface area contributed by atoms with Gasteiger partial charge in [-0.3, -0.25) is 4.79 Å². The molecule has 0 aromatic heterocycles. The van der Waals surface area contributed by atoms with E-state index in [4.69, 9.17) is 16.3 Å². The average molecular weight is 346 g/mol. The van der Waals surface area contributed by atoms with Crippen molar-refractivity contribution in [2.24, 2.45) is 0 Å². The number of carbonyl (C=O) groups excluding carboxylic acids is 1. The summed E-state index contributed by atoms with van der Waals surface area (Å²) in [5, 5.41) is 0.690. The van der Waals surface area contributed by atoms with Crippen LogP contribution in [0.25, 0.3) is 0 Å². The van der Waals surface area contributed by atoms with Crippen molar-refractivity contribution >= 4 is 17.5 Å². The smallest absolute Gasteiger partial charge is 0.263 e. The highest BCUT2D eigenvalue weighted by Gasteiger charge is 2.20. The molecule has 1 atom stereocenters. The second-order valence-electron chi connectivity index (χ2n) is 6.27. The first kappa shape index (κ1) is 18.3. The number of rotatable bonds is 6. The Hall–Kier alpha value is -2.00. The number of hydrogen-bond acceptors (Lipinski definition) is 2. The Kier molecular flexibility index (Phi) is 6.27. The largest absolute Gasteiger partial charge is 0.481 e. The summed E-state index contributed by atoms with van der Waals surface area (Å²) >= 11 is 5.89. The molecule has 2 rings (SSSR count). The summed E-state index contributed by atoms with van der Waals surface area (Å²) < 4.78 is 5.93. The molecule has 0 N–H and O–H groups in total. The fourth-order valence-electron chi connectivity index (χ4n) is 2.56. The van der Waals surface area contributed by atoms with Gasteiger partial charge in [0, 0.05) is 18.6 Å². The van der Waals surface area contributed by atoms with Gasteiger partial charge in [0.15, 0.2) is 6.10 Å². The molecule has 0 aliphatic heterocycles. The molecule has 128 valence electrons. The van der Waals surface area contributed by atoms with Crippen LogP contribution in [0.1, 0.15) is 37.8 Å². The van der Waals surface area contributed by atoms with Gasteiger partial charge < -0.3 is 9.64 Å². The van der Waals surface area contributed by atoms with Gasteiger partial charge in [0.2, 0.25) is 0 Å². The lowest BCUT2D eigenvalue weighted by molar-refractivity contribution is -0.137. The Bertz CT molecular complexity index is 682. The van der Waals surface area contributed by atoms with E-state index in [1.54, 1.807) is 18.9 Å². The third-order valence-electron chi connectivity index (χ3n) is 3.90. The number of likely N-dealkylation sites (N-methyl/N-ethyl adjacent to an activating group) is 1. The molecule has 24 heavy (non-hydrogen) atoms. The van der Waals surface area contributed by atoms with Crippen LogP contribution < -0.4 is 4.74 Å². The van der Waals surface area contributed by atoms with Crippen molar-refractivity contribution in [3.8, 4) is 5.75 Å². The Labute approximate surface area is 149 Å². The average Bonchev–Trinajstić information content (AvgIpc) is 2.56. The minimum absolute atomic E-state index is 0.0523. The second kappa shape index (κ2) is 8.20. The van der Waals surface area contributed by atoms with Gasteiger partial charge in [0.25, 0.3) is 5.91 Å². The first-order valence-corrected chi connectivity index (χ1v) is 8.51. The lowest BCUT2D eigenvalue weighted by Gasteiger charge is -2.23. The zero-order chi connectivity index (χ0) is 17.7. The molecule has 0 unspecified atom stereocenters. The van der Waals surface area contributed by atoms with Crippen molar-refractivity contribution in [3.63, 3.8) is 0 Å². The summed E-state index contributed by atoms with van der Waals surface area (Å²) in [5.74, 6) is 1.06. The summed E-state index contributed by atoms with van der Waals surface area (Å²) in [6, 6.07) is 15.4. The van der Waals surface area contributed by atoms with Gasteiger partial charge >= 0.3 is 0 Å². The molecule has 0 radical (unpaired) electrons. The van der Waals surface area contributed by atoms with Crippen LogP contribution in [0.15, 0.2) is 48.5 Å². The van der Waals surface area contributed by atoms with Crippen LogP contribution in [0, 0.1) is 0 Å². The maximum absolute atomic E-state index is 12.6. The monoisotopic (exact) mass is 345 g/mol. The zero-order valence-electron chi connectivity index (χ0n) is 14.6. The maximum Gasteiger partial charge on any atom is 0.263 e. The lowest BCUT2D eigenvalue weighted by Crippen LogP contribution is -2.37. The number of ether oxygens (including phenoxy) is 1. The van der Waals surface area contributed by atoms with E-state index in [1.165, 1.54) is 0 Å². The molecule has 0 heterocycles. The van der Waals surface area contributed by atoms with Crippen molar-refractivity contribution in [1.29, 1.82) is 0 Å². The van der Waals surface area contributed by atoms with E-state index < -0.39 is 6.10 Å². The van der Waals surface area contributed by atoms with Gasteiger partial charge in [-0.05, 0) is 42.2 Å². The van der Waals surface area contributed by atoms with Crippen LogP contribution >= 0.6 is 11.6 Å². The molecule has 0 aliphatic rings. The number of para-hydroxylation sites is 1. The summed E-state index contributed by atoms with van der Waals surface area (Å²) in [4.78, 5) is 14.2. The van der Waals surface area contributed by atoms with Gasteiger partial charge in [-0.25, -0.2) is 0 Å². The number of benzene rings is 2. The van der Waals surface area contributed by atoms with Crippen molar-refractivity contribution < 1.29 is 9.53 Å². The van der Waals surface area contributed by atoms with Gasteiger partial charge in [-0.1, -0.05) is 55.8 Å². The van der Waals surface area contributed by atoms with E-state index in [0.29, 0.717) is 17.5 Å². The van der Waals surface area contributed by atoms with Crippen LogP contribution in [0.5, 0.6) is 5.75 Å². The van der Waals surface area contributed by atoms with Crippen LogP contribution in [0.2, 0.25) is 5.02 Å². The molecule has 4 heteroatoms. The topological polar surface area (TPSA) is 29.5 Å². The third-order valence-corrected chi connectivity index (χ3v) is 4.15. The molecule has 0 saturated carbocycles. The molecule has 0 aliphatic carbocycles. The van der Waals surface area contributed by atoms with Crippen LogP contribution in [0.4, 0.5) is 0 Å². The van der Waals surface area contributed by atoms with Crippen LogP contribution in [-0.2, 0) is 11.3 Å². The molecule has 2 aromatic carbocycles. The second-order valence-corrected chi connectivity index (χ2v) is 6.71. The van der Waals surface area contributed by atoms with Gasteiger partial charge in [0.05, 0.1) is 0 Å². The van der Waals surface area contributed by atoms with Crippen molar-refractivity contribution in [1.82, 2.24) is 4.90 Å². The fraction of sp³-hybridized carbons (Fsp3) is 0.350. The first-order chi connectivity index (χ1) is 11.4. The quantitative estimate of drug-likeness (QED) is 0.746. The molecule has 0 fully saturated rings. The first-order valence-electron chi connectivity index (χ1n) is 8.13. The SMILES string of the molecule is CC(C)c1ccccc1O[C@H](C)C(=O)N(C)Cc1ccc(Cl)cc1. The molecule has 0 bridgehead atoms. The number of carbonyl (C=O) groups is 1. The highest BCUT2D eigenvalue weighted by atomic mass is 35.5. The zero-order valence-corrected chi connectivity index (χ0v) is 15.4. The van der Waals surface area contributed by atoms with E-state index >= 15 is 0 Å². The van der Waals surface area contributed by atoms with E-state index in [0.717, 1.165) is 16.9 Å². The maximum atomic E-state index is 12.6. The van der Waals surface area contributed by atoms with E-state index in [2.05, 4.69) is 13.8 Å². The standard InChI is InChI=1S/C20H24ClNO2/c1-14(2)18-7-5-6-8-19(18)24-15(3)20(23)22(4)13-16-9-11-17(21)12-10-16/h5-12,14-15H,13H2,1-4H3/t15-/m1/s1. The molecule has 3 nitrogen and oxygen atoms in total.